The number of hydrogen-bond acceptors (Lipinski definition) is 2. The van der Waals surface area contributed by atoms with Gasteiger partial charge in [-0.05, 0) is 31.0 Å². The molecule has 2 aromatic heterocycles. The molecule has 0 saturated carbocycles. The van der Waals surface area contributed by atoms with Crippen LogP contribution in [0.3, 0.4) is 0 Å². The van der Waals surface area contributed by atoms with E-state index in [9.17, 15) is 4.79 Å². The molecule has 1 aromatic carbocycles. The van der Waals surface area contributed by atoms with Crippen molar-refractivity contribution in [2.45, 2.75) is 19.3 Å². The molecule has 0 spiro atoms. The maximum atomic E-state index is 10.6. The fourth-order valence-electron chi connectivity index (χ4n) is 3.02. The van der Waals surface area contributed by atoms with E-state index in [0.29, 0.717) is 6.42 Å². The Hall–Kier alpha value is -2.88. The molecule has 0 saturated heterocycles. The average Bonchev–Trinajstić information content (AvgIpc) is 2.88. The van der Waals surface area contributed by atoms with Gasteiger partial charge in [0.25, 0.3) is 0 Å². The summed E-state index contributed by atoms with van der Waals surface area (Å²) in [6, 6.07) is 12.3. The summed E-state index contributed by atoms with van der Waals surface area (Å²) in [4.78, 5) is 14.9. The highest BCUT2D eigenvalue weighted by molar-refractivity contribution is 5.97. The van der Waals surface area contributed by atoms with Gasteiger partial charge < -0.3 is 9.67 Å². The third kappa shape index (κ3) is 3.23. The van der Waals surface area contributed by atoms with Crippen molar-refractivity contribution in [3.05, 3.63) is 60.4 Å². The second kappa shape index (κ2) is 7.13. The van der Waals surface area contributed by atoms with Crippen molar-refractivity contribution in [1.82, 2.24) is 9.55 Å². The third-order valence-electron chi connectivity index (χ3n) is 4.13. The molecule has 2 heterocycles. The van der Waals surface area contributed by atoms with Crippen LogP contribution in [0, 0.1) is 0 Å². The van der Waals surface area contributed by atoms with Crippen molar-refractivity contribution in [3.63, 3.8) is 0 Å². The Labute approximate surface area is 141 Å². The minimum absolute atomic E-state index is 0.204. The molecule has 0 aliphatic heterocycles. The van der Waals surface area contributed by atoms with Gasteiger partial charge >= 0.3 is 5.97 Å². The number of nitrogens with zero attached hydrogens (tertiary/aromatic N) is 2. The van der Waals surface area contributed by atoms with E-state index >= 15 is 0 Å². The van der Waals surface area contributed by atoms with Crippen LogP contribution in [-0.4, -0.2) is 20.6 Å². The van der Waals surface area contributed by atoms with Crippen LogP contribution in [0.1, 0.15) is 24.8 Å². The number of aryl methyl sites for hydroxylation is 1. The lowest BCUT2D eigenvalue weighted by molar-refractivity contribution is -0.137. The van der Waals surface area contributed by atoms with Gasteiger partial charge in [-0.25, -0.2) is 0 Å². The number of carbonyl (C=O) groups is 1. The second-order valence-corrected chi connectivity index (χ2v) is 5.77. The molecule has 0 aliphatic rings. The zero-order valence-electron chi connectivity index (χ0n) is 13.6. The summed E-state index contributed by atoms with van der Waals surface area (Å²) in [7, 11) is 2.06. The van der Waals surface area contributed by atoms with Crippen molar-refractivity contribution in [3.8, 4) is 11.3 Å². The number of benzene rings is 1. The maximum absolute atomic E-state index is 10.6. The summed E-state index contributed by atoms with van der Waals surface area (Å²) < 4.78 is 2.18. The van der Waals surface area contributed by atoms with E-state index in [1.165, 1.54) is 10.9 Å². The van der Waals surface area contributed by atoms with E-state index in [1.54, 1.807) is 6.20 Å². The largest absolute Gasteiger partial charge is 0.481 e. The monoisotopic (exact) mass is 320 g/mol. The number of pyridine rings is 1. The van der Waals surface area contributed by atoms with Gasteiger partial charge in [0, 0.05) is 47.9 Å². The number of carboxylic acid groups (broad SMARTS) is 1. The van der Waals surface area contributed by atoms with Gasteiger partial charge in [-0.3, -0.25) is 9.78 Å². The number of aliphatic carboxylic acids is 1. The Morgan fingerprint density at radius 1 is 1.25 bits per heavy atom. The van der Waals surface area contributed by atoms with Crippen molar-refractivity contribution < 1.29 is 9.90 Å². The number of hydrogen-bond donors (Lipinski definition) is 1. The molecule has 0 aliphatic carbocycles. The number of allylic oxidation sites excluding steroid dienone is 1. The highest BCUT2D eigenvalue weighted by Crippen LogP contribution is 2.33. The van der Waals surface area contributed by atoms with Crippen molar-refractivity contribution in [2.75, 3.05) is 0 Å². The molecule has 0 fully saturated rings. The molecular weight excluding hydrogens is 300 g/mol. The number of unbranched alkanes of at least 4 members (excludes halogenated alkanes) is 1. The molecule has 0 bridgehead atoms. The number of aromatic nitrogens is 2. The fraction of sp³-hybridized carbons (Fsp3) is 0.200. The topological polar surface area (TPSA) is 55.1 Å². The minimum Gasteiger partial charge on any atom is -0.481 e. The number of carboxylic acids is 1. The SMILES string of the molecule is Cn1c(-c2cccnc2)c(/C=C/CCCC(=O)O)c2ccccc21. The van der Waals surface area contributed by atoms with Gasteiger partial charge in [0.2, 0.25) is 0 Å². The van der Waals surface area contributed by atoms with Gasteiger partial charge in [-0.1, -0.05) is 30.4 Å². The molecule has 0 atom stereocenters. The third-order valence-corrected chi connectivity index (χ3v) is 4.13. The normalized spacial score (nSPS) is 11.4. The predicted octanol–water partition coefficient (Wildman–Crippen LogP) is 4.51. The van der Waals surface area contributed by atoms with Gasteiger partial charge in [0.1, 0.15) is 0 Å². The van der Waals surface area contributed by atoms with Crippen LogP contribution >= 0.6 is 0 Å². The van der Waals surface area contributed by atoms with Crippen LogP contribution in [0.5, 0.6) is 0 Å². The first-order valence-corrected chi connectivity index (χ1v) is 8.04. The second-order valence-electron chi connectivity index (χ2n) is 5.77. The van der Waals surface area contributed by atoms with Crippen LogP contribution in [-0.2, 0) is 11.8 Å². The lowest BCUT2D eigenvalue weighted by atomic mass is 10.1. The summed E-state index contributed by atoms with van der Waals surface area (Å²) in [6.45, 7) is 0. The molecule has 122 valence electrons. The van der Waals surface area contributed by atoms with Gasteiger partial charge in [0.15, 0.2) is 0 Å². The van der Waals surface area contributed by atoms with Gasteiger partial charge in [0.05, 0.1) is 5.69 Å². The lowest BCUT2D eigenvalue weighted by Gasteiger charge is -2.05. The first-order chi connectivity index (χ1) is 11.7. The van der Waals surface area contributed by atoms with Gasteiger partial charge in [-0.2, -0.15) is 0 Å². The molecule has 0 unspecified atom stereocenters. The highest BCUT2D eigenvalue weighted by atomic mass is 16.4. The summed E-state index contributed by atoms with van der Waals surface area (Å²) in [5.41, 5.74) is 4.51. The van der Waals surface area contributed by atoms with Crippen molar-refractivity contribution in [1.29, 1.82) is 0 Å². The molecular formula is C20H20N2O2. The Morgan fingerprint density at radius 3 is 2.83 bits per heavy atom. The molecule has 3 rings (SSSR count). The van der Waals surface area contributed by atoms with E-state index in [0.717, 1.165) is 23.2 Å². The Morgan fingerprint density at radius 2 is 2.08 bits per heavy atom. The van der Waals surface area contributed by atoms with Crippen LogP contribution in [0.25, 0.3) is 28.2 Å². The number of fused-ring (bicyclic) bond motifs is 1. The smallest absolute Gasteiger partial charge is 0.303 e. The molecule has 1 N–H and O–H groups in total. The van der Waals surface area contributed by atoms with E-state index in [2.05, 4.69) is 46.9 Å². The molecule has 0 radical (unpaired) electrons. The molecule has 4 heteroatoms. The molecule has 0 amide bonds. The highest BCUT2D eigenvalue weighted by Gasteiger charge is 2.14. The zero-order chi connectivity index (χ0) is 16.9. The number of para-hydroxylation sites is 1. The molecule has 24 heavy (non-hydrogen) atoms. The zero-order valence-corrected chi connectivity index (χ0v) is 13.6. The minimum atomic E-state index is -0.746. The predicted molar refractivity (Wildman–Crippen MR) is 96.7 cm³/mol. The average molecular weight is 320 g/mol. The van der Waals surface area contributed by atoms with Crippen LogP contribution in [0.2, 0.25) is 0 Å². The molecule has 3 aromatic rings. The lowest BCUT2D eigenvalue weighted by Crippen LogP contribution is -1.93. The quantitative estimate of drug-likeness (QED) is 0.680. The first kappa shape index (κ1) is 16.0. The summed E-state index contributed by atoms with van der Waals surface area (Å²) in [6.07, 6.45) is 9.41. The summed E-state index contributed by atoms with van der Waals surface area (Å²) in [5.74, 6) is -0.746. The standard InChI is InChI=1S/C20H20N2O2/c1-22-18-11-6-5-9-16(18)17(10-3-2-4-12-19(23)24)20(22)15-8-7-13-21-14-15/h3,5-11,13-14H,2,4,12H2,1H3,(H,23,24)/b10-3+. The van der Waals surface area contributed by atoms with Crippen molar-refractivity contribution in [2.24, 2.45) is 7.05 Å². The van der Waals surface area contributed by atoms with E-state index < -0.39 is 5.97 Å². The molecule has 4 nitrogen and oxygen atoms in total. The summed E-state index contributed by atoms with van der Waals surface area (Å²) >= 11 is 0. The van der Waals surface area contributed by atoms with Gasteiger partial charge in [-0.15, -0.1) is 0 Å². The van der Waals surface area contributed by atoms with E-state index in [1.807, 2.05) is 24.4 Å². The van der Waals surface area contributed by atoms with Crippen LogP contribution in [0.4, 0.5) is 0 Å². The Bertz CT molecular complexity index is 879. The van der Waals surface area contributed by atoms with Crippen LogP contribution in [0.15, 0.2) is 54.9 Å². The van der Waals surface area contributed by atoms with Crippen LogP contribution < -0.4 is 0 Å². The van der Waals surface area contributed by atoms with E-state index in [4.69, 9.17) is 5.11 Å². The van der Waals surface area contributed by atoms with Crippen molar-refractivity contribution >= 4 is 22.9 Å². The first-order valence-electron chi connectivity index (χ1n) is 8.04. The number of rotatable bonds is 6. The fourth-order valence-corrected chi connectivity index (χ4v) is 3.02. The Kier molecular flexibility index (Phi) is 4.75. The summed E-state index contributed by atoms with van der Waals surface area (Å²) in [5, 5.41) is 9.92. The van der Waals surface area contributed by atoms with E-state index in [-0.39, 0.29) is 6.42 Å². The Balaban J connectivity index is 2.02. The maximum Gasteiger partial charge on any atom is 0.303 e.